The molecule has 5 amide bonds. The molecule has 0 bridgehead atoms. The van der Waals surface area contributed by atoms with Gasteiger partial charge >= 0.3 is 6.09 Å². The summed E-state index contributed by atoms with van der Waals surface area (Å²) in [6.45, 7) is 10.1. The van der Waals surface area contributed by atoms with Crippen LogP contribution >= 0.6 is 0 Å². The quantitative estimate of drug-likeness (QED) is 0.147. The normalized spacial score (nSPS) is 16.8. The number of hydrogen-bond acceptors (Lipinski definition) is 8. The monoisotopic (exact) mass is 669 g/mol. The Morgan fingerprint density at radius 3 is 1.88 bits per heavy atom. The Balaban J connectivity index is 1.64. The van der Waals surface area contributed by atoms with Crippen molar-refractivity contribution in [3.63, 3.8) is 0 Å². The van der Waals surface area contributed by atoms with Gasteiger partial charge in [-0.1, -0.05) is 90.6 Å². The fourth-order valence-corrected chi connectivity index (χ4v) is 5.12. The third-order valence-electron chi connectivity index (χ3n) is 8.21. The largest absolute Gasteiger partial charge is 0.449 e. The van der Waals surface area contributed by atoms with Crippen LogP contribution in [0.15, 0.2) is 30.3 Å². The second-order valence-electron chi connectivity index (χ2n) is 14.5. The zero-order valence-corrected chi connectivity index (χ0v) is 28.9. The number of nitrogens with one attached hydrogen (secondary N) is 5. The molecule has 1 aromatic rings. The molecule has 264 valence electrons. The lowest BCUT2D eigenvalue weighted by Gasteiger charge is -2.32. The molecule has 2 aliphatic carbocycles. The zero-order valence-electron chi connectivity index (χ0n) is 28.9. The minimum atomic E-state index is -1.16. The first-order chi connectivity index (χ1) is 22.5. The summed E-state index contributed by atoms with van der Waals surface area (Å²) in [6.07, 6.45) is 3.32. The van der Waals surface area contributed by atoms with E-state index in [1.165, 1.54) is 6.92 Å². The summed E-state index contributed by atoms with van der Waals surface area (Å²) in [6, 6.07) is 4.54. The molecule has 5 N–H and O–H groups in total. The number of hydrogen-bond donors (Lipinski definition) is 5. The Bertz CT molecular complexity index is 1330. The number of benzene rings is 1. The summed E-state index contributed by atoms with van der Waals surface area (Å²) in [5.74, 6) is -3.62. The zero-order chi connectivity index (χ0) is 35.6. The molecule has 0 aromatic heterocycles. The molecule has 2 fully saturated rings. The third-order valence-corrected chi connectivity index (χ3v) is 8.21. The summed E-state index contributed by atoms with van der Waals surface area (Å²) >= 11 is 0. The van der Waals surface area contributed by atoms with Gasteiger partial charge in [0, 0.05) is 0 Å². The first kappa shape index (κ1) is 38.2. The van der Waals surface area contributed by atoms with E-state index in [-0.39, 0.29) is 36.6 Å². The summed E-state index contributed by atoms with van der Waals surface area (Å²) < 4.78 is 5.21. The fourth-order valence-electron chi connectivity index (χ4n) is 5.12. The summed E-state index contributed by atoms with van der Waals surface area (Å²) in [7, 11) is 0. The molecule has 3 rings (SSSR count). The maximum absolute atomic E-state index is 13.6. The SMILES string of the molecule is CC(=O)[C@@H](NC(=O)CNC(=O)C(=O)C(CC1CC1)NC(=O)[C@H](CC1CC1)NC(=O)[C@@H](NC(=O)OCC(C)C)C(C)(C)C)c1ccccc1. The summed E-state index contributed by atoms with van der Waals surface area (Å²) in [4.78, 5) is 90.6. The second kappa shape index (κ2) is 17.2. The van der Waals surface area contributed by atoms with Gasteiger partial charge in [-0.05, 0) is 48.5 Å². The number of carbonyl (C=O) groups is 7. The maximum atomic E-state index is 13.6. The van der Waals surface area contributed by atoms with Crippen LogP contribution in [0.25, 0.3) is 0 Å². The van der Waals surface area contributed by atoms with Gasteiger partial charge in [0.2, 0.25) is 23.5 Å². The van der Waals surface area contributed by atoms with Crippen molar-refractivity contribution in [2.45, 2.75) is 104 Å². The Labute approximate surface area is 282 Å². The molecule has 2 aliphatic rings. The van der Waals surface area contributed by atoms with Crippen LogP contribution in [-0.2, 0) is 33.5 Å². The van der Waals surface area contributed by atoms with Crippen LogP contribution in [0.5, 0.6) is 0 Å². The average Bonchev–Trinajstić information content (AvgIpc) is 3.96. The lowest BCUT2D eigenvalue weighted by Crippen LogP contribution is -2.59. The van der Waals surface area contributed by atoms with Gasteiger partial charge in [0.1, 0.15) is 18.1 Å². The van der Waals surface area contributed by atoms with Crippen LogP contribution in [0.3, 0.4) is 0 Å². The van der Waals surface area contributed by atoms with Gasteiger partial charge in [-0.2, -0.15) is 0 Å². The lowest BCUT2D eigenvalue weighted by atomic mass is 9.86. The second-order valence-corrected chi connectivity index (χ2v) is 14.5. The van der Waals surface area contributed by atoms with E-state index in [9.17, 15) is 33.6 Å². The van der Waals surface area contributed by atoms with Crippen molar-refractivity contribution in [1.29, 1.82) is 0 Å². The molecular formula is C35H51N5O8. The van der Waals surface area contributed by atoms with Crippen molar-refractivity contribution in [2.75, 3.05) is 13.2 Å². The van der Waals surface area contributed by atoms with Gasteiger partial charge in [0.15, 0.2) is 5.78 Å². The molecule has 0 heterocycles. The summed E-state index contributed by atoms with van der Waals surface area (Å²) in [5, 5.41) is 13.0. The van der Waals surface area contributed by atoms with Crippen molar-refractivity contribution in [2.24, 2.45) is 23.2 Å². The number of ketones is 2. The van der Waals surface area contributed by atoms with E-state index in [2.05, 4.69) is 26.6 Å². The van der Waals surface area contributed by atoms with Crippen LogP contribution < -0.4 is 26.6 Å². The lowest BCUT2D eigenvalue weighted by molar-refractivity contribution is -0.141. The van der Waals surface area contributed by atoms with Crippen molar-refractivity contribution in [1.82, 2.24) is 26.6 Å². The number of ether oxygens (including phenoxy) is 1. The molecule has 0 spiro atoms. The van der Waals surface area contributed by atoms with Gasteiger partial charge in [0.05, 0.1) is 19.2 Å². The van der Waals surface area contributed by atoms with E-state index < -0.39 is 71.6 Å². The highest BCUT2D eigenvalue weighted by molar-refractivity contribution is 6.38. The first-order valence-electron chi connectivity index (χ1n) is 16.8. The predicted molar refractivity (Wildman–Crippen MR) is 177 cm³/mol. The van der Waals surface area contributed by atoms with Crippen LogP contribution in [0.1, 0.15) is 91.7 Å². The topological polar surface area (TPSA) is 189 Å². The van der Waals surface area contributed by atoms with Gasteiger partial charge in [-0.15, -0.1) is 0 Å². The molecule has 0 radical (unpaired) electrons. The molecule has 13 nitrogen and oxygen atoms in total. The van der Waals surface area contributed by atoms with E-state index >= 15 is 0 Å². The molecule has 4 atom stereocenters. The number of carbonyl (C=O) groups excluding carboxylic acids is 7. The van der Waals surface area contributed by atoms with E-state index in [0.29, 0.717) is 12.0 Å². The minimum absolute atomic E-state index is 0.105. The molecule has 48 heavy (non-hydrogen) atoms. The Hall–Kier alpha value is -4.29. The molecule has 0 saturated heterocycles. The van der Waals surface area contributed by atoms with Crippen molar-refractivity contribution in [3.05, 3.63) is 35.9 Å². The maximum Gasteiger partial charge on any atom is 0.407 e. The number of alkyl carbamates (subject to hydrolysis) is 1. The molecule has 1 unspecified atom stereocenters. The molecule has 1 aromatic carbocycles. The third kappa shape index (κ3) is 12.7. The highest BCUT2D eigenvalue weighted by Crippen LogP contribution is 2.35. The van der Waals surface area contributed by atoms with Gasteiger partial charge in [-0.25, -0.2) is 4.79 Å². The summed E-state index contributed by atoms with van der Waals surface area (Å²) in [5.41, 5.74) is -0.140. The first-order valence-corrected chi connectivity index (χ1v) is 16.8. The van der Waals surface area contributed by atoms with E-state index in [0.717, 1.165) is 25.7 Å². The molecule has 2 saturated carbocycles. The number of amides is 5. The number of Topliss-reactive ketones (excluding diaryl/α,β-unsaturated/α-hetero) is 2. The Kier molecular flexibility index (Phi) is 13.7. The standard InChI is InChI=1S/C35H51N5O8/c1-20(2)19-48-34(47)40-30(35(4,5)6)33(46)38-26(17-23-14-15-23)31(44)37-25(16-22-12-13-22)29(43)32(45)36-18-27(42)39-28(21(3)41)24-10-8-7-9-11-24/h7-11,20,22-23,25-26,28,30H,12-19H2,1-6H3,(H,36,45)(H,37,44)(H,38,46)(H,39,42)(H,40,47)/t25?,26-,28+,30+/m0/s1. The minimum Gasteiger partial charge on any atom is -0.449 e. The van der Waals surface area contributed by atoms with Crippen molar-refractivity contribution in [3.8, 4) is 0 Å². The predicted octanol–water partition coefficient (Wildman–Crippen LogP) is 2.48. The van der Waals surface area contributed by atoms with Gasteiger partial charge in [-0.3, -0.25) is 28.8 Å². The van der Waals surface area contributed by atoms with Crippen LogP contribution in [-0.4, -0.2) is 72.6 Å². The van der Waals surface area contributed by atoms with E-state index in [1.54, 1.807) is 51.1 Å². The Morgan fingerprint density at radius 1 is 0.792 bits per heavy atom. The van der Waals surface area contributed by atoms with Crippen LogP contribution in [0.2, 0.25) is 0 Å². The number of rotatable bonds is 18. The fraction of sp³-hybridized carbons (Fsp3) is 0.629. The van der Waals surface area contributed by atoms with E-state index in [4.69, 9.17) is 4.74 Å². The van der Waals surface area contributed by atoms with Crippen molar-refractivity contribution >= 4 is 41.3 Å². The molecule has 13 heteroatoms. The van der Waals surface area contributed by atoms with Crippen molar-refractivity contribution < 1.29 is 38.3 Å². The highest BCUT2D eigenvalue weighted by Gasteiger charge is 2.39. The molecule has 0 aliphatic heterocycles. The van der Waals surface area contributed by atoms with Crippen LogP contribution in [0.4, 0.5) is 4.79 Å². The van der Waals surface area contributed by atoms with Gasteiger partial charge < -0.3 is 31.3 Å². The smallest absolute Gasteiger partial charge is 0.407 e. The van der Waals surface area contributed by atoms with Crippen LogP contribution in [0, 0.1) is 23.2 Å². The highest BCUT2D eigenvalue weighted by atomic mass is 16.5. The Morgan fingerprint density at radius 2 is 1.35 bits per heavy atom. The van der Waals surface area contributed by atoms with Gasteiger partial charge in [0.25, 0.3) is 5.91 Å². The van der Waals surface area contributed by atoms with E-state index in [1.807, 2.05) is 13.8 Å². The molecular weight excluding hydrogens is 618 g/mol. The average molecular weight is 670 g/mol.